The van der Waals surface area contributed by atoms with Crippen molar-refractivity contribution in [2.75, 3.05) is 19.0 Å². The molecule has 0 spiro atoms. The lowest BCUT2D eigenvalue weighted by atomic mass is 9.93. The third-order valence-corrected chi connectivity index (χ3v) is 6.59. The first-order valence-corrected chi connectivity index (χ1v) is 11.6. The van der Waals surface area contributed by atoms with Crippen molar-refractivity contribution in [2.45, 2.75) is 44.4 Å². The first-order chi connectivity index (χ1) is 15.5. The lowest BCUT2D eigenvalue weighted by Crippen LogP contribution is -2.14. The number of carbonyl (C=O) groups is 1. The van der Waals surface area contributed by atoms with E-state index in [2.05, 4.69) is 22.4 Å². The molecule has 0 aliphatic carbocycles. The molecule has 1 aliphatic rings. The largest absolute Gasteiger partial charge is 0.494 e. The molecule has 2 N–H and O–H groups in total. The molecule has 4 rings (SSSR count). The van der Waals surface area contributed by atoms with Gasteiger partial charge in [-0.3, -0.25) is 4.79 Å². The van der Waals surface area contributed by atoms with Gasteiger partial charge >= 0.3 is 5.97 Å². The summed E-state index contributed by atoms with van der Waals surface area (Å²) in [6.45, 7) is 0.973. The highest BCUT2D eigenvalue weighted by molar-refractivity contribution is 7.09. The van der Waals surface area contributed by atoms with E-state index < -0.39 is 17.7 Å². The molecular formula is C24H26FN3O3S. The molecule has 2 aromatic heterocycles. The lowest BCUT2D eigenvalue weighted by Gasteiger charge is -2.17. The maximum absolute atomic E-state index is 14.2. The van der Waals surface area contributed by atoms with Crippen LogP contribution in [-0.4, -0.2) is 34.7 Å². The molecule has 8 heteroatoms. The SMILES string of the molecule is COc1ccc([C@H](CC(=O)O)c2csc(CCCc3ccc4c(n3)NCCC4)n2)cc1F. The van der Waals surface area contributed by atoms with Crippen LogP contribution in [0, 0.1) is 5.82 Å². The van der Waals surface area contributed by atoms with Crippen LogP contribution in [0.4, 0.5) is 10.2 Å². The van der Waals surface area contributed by atoms with Crippen molar-refractivity contribution in [1.29, 1.82) is 0 Å². The Morgan fingerprint density at radius 2 is 2.16 bits per heavy atom. The van der Waals surface area contributed by atoms with Crippen molar-refractivity contribution in [1.82, 2.24) is 9.97 Å². The first-order valence-electron chi connectivity index (χ1n) is 10.8. The van der Waals surface area contributed by atoms with E-state index in [-0.39, 0.29) is 12.2 Å². The third-order valence-electron chi connectivity index (χ3n) is 5.66. The molecule has 0 radical (unpaired) electrons. The van der Waals surface area contributed by atoms with Gasteiger partial charge in [-0.15, -0.1) is 11.3 Å². The fourth-order valence-electron chi connectivity index (χ4n) is 4.00. The summed E-state index contributed by atoms with van der Waals surface area (Å²) >= 11 is 1.51. The first kappa shape index (κ1) is 22.2. The molecule has 1 aromatic carbocycles. The van der Waals surface area contributed by atoms with Gasteiger partial charge in [0.25, 0.3) is 0 Å². The number of hydrogen-bond donors (Lipinski definition) is 2. The number of benzene rings is 1. The number of rotatable bonds is 9. The Morgan fingerprint density at radius 3 is 2.94 bits per heavy atom. The molecule has 3 heterocycles. The van der Waals surface area contributed by atoms with Gasteiger partial charge in [0, 0.05) is 23.5 Å². The molecule has 168 valence electrons. The summed E-state index contributed by atoms with van der Waals surface area (Å²) in [7, 11) is 1.40. The Bertz CT molecular complexity index is 1100. The summed E-state index contributed by atoms with van der Waals surface area (Å²) in [5, 5.41) is 15.6. The van der Waals surface area contributed by atoms with Crippen molar-refractivity contribution in [2.24, 2.45) is 0 Å². The summed E-state index contributed by atoms with van der Waals surface area (Å²) in [6.07, 6.45) is 4.61. The summed E-state index contributed by atoms with van der Waals surface area (Å²) in [4.78, 5) is 20.9. The number of aryl methyl sites for hydroxylation is 3. The minimum absolute atomic E-state index is 0.132. The Morgan fingerprint density at radius 1 is 1.28 bits per heavy atom. The minimum atomic E-state index is -0.951. The monoisotopic (exact) mass is 455 g/mol. The van der Waals surface area contributed by atoms with Gasteiger partial charge < -0.3 is 15.2 Å². The Labute approximate surface area is 190 Å². The van der Waals surface area contributed by atoms with Gasteiger partial charge in [0.2, 0.25) is 0 Å². The second-order valence-electron chi connectivity index (χ2n) is 7.90. The zero-order chi connectivity index (χ0) is 22.5. The standard InChI is InChI=1S/C24H26FN3O3S/c1-31-21-10-8-16(12-19(21)25)18(13-23(29)30)20-14-32-22(28-20)6-2-5-17-9-7-15-4-3-11-26-24(15)27-17/h7-10,12,14,18H,2-6,11,13H2,1H3,(H,26,27)(H,29,30)/t18-/m0/s1. The van der Waals surface area contributed by atoms with Gasteiger partial charge in [-0.25, -0.2) is 14.4 Å². The van der Waals surface area contributed by atoms with Gasteiger partial charge in [0.05, 0.1) is 24.2 Å². The maximum atomic E-state index is 14.2. The van der Waals surface area contributed by atoms with Crippen LogP contribution in [-0.2, 0) is 24.1 Å². The number of halogens is 1. The molecule has 0 saturated heterocycles. The van der Waals surface area contributed by atoms with Gasteiger partial charge in [-0.1, -0.05) is 12.1 Å². The average molecular weight is 456 g/mol. The van der Waals surface area contributed by atoms with Crippen LogP contribution in [0.5, 0.6) is 5.75 Å². The molecule has 3 aromatic rings. The Balaban J connectivity index is 1.42. The number of methoxy groups -OCH3 is 1. The van der Waals surface area contributed by atoms with Gasteiger partial charge in [0.15, 0.2) is 11.6 Å². The number of hydrogen-bond acceptors (Lipinski definition) is 6. The molecule has 0 bridgehead atoms. The predicted molar refractivity (Wildman–Crippen MR) is 122 cm³/mol. The van der Waals surface area contributed by atoms with Crippen LogP contribution in [0.15, 0.2) is 35.7 Å². The molecule has 1 aliphatic heterocycles. The topological polar surface area (TPSA) is 84.3 Å². The van der Waals surface area contributed by atoms with Crippen LogP contribution in [0.2, 0.25) is 0 Å². The quantitative estimate of drug-likeness (QED) is 0.481. The van der Waals surface area contributed by atoms with Crippen LogP contribution < -0.4 is 10.1 Å². The van der Waals surface area contributed by atoms with Crippen molar-refractivity contribution in [3.8, 4) is 5.75 Å². The molecular weight excluding hydrogens is 429 g/mol. The molecule has 1 atom stereocenters. The fraction of sp³-hybridized carbons (Fsp3) is 0.375. The zero-order valence-electron chi connectivity index (χ0n) is 17.9. The van der Waals surface area contributed by atoms with E-state index in [1.54, 1.807) is 6.07 Å². The van der Waals surface area contributed by atoms with Crippen LogP contribution >= 0.6 is 11.3 Å². The smallest absolute Gasteiger partial charge is 0.304 e. The van der Waals surface area contributed by atoms with E-state index in [0.29, 0.717) is 11.3 Å². The van der Waals surface area contributed by atoms with E-state index in [1.807, 2.05) is 5.38 Å². The number of ether oxygens (including phenoxy) is 1. The normalized spacial score (nSPS) is 13.8. The Hall–Kier alpha value is -3.00. The molecule has 32 heavy (non-hydrogen) atoms. The van der Waals surface area contributed by atoms with E-state index in [0.717, 1.165) is 55.2 Å². The van der Waals surface area contributed by atoms with Crippen molar-refractivity contribution >= 4 is 23.1 Å². The number of nitrogens with zero attached hydrogens (tertiary/aromatic N) is 2. The second-order valence-corrected chi connectivity index (χ2v) is 8.85. The number of nitrogens with one attached hydrogen (secondary N) is 1. The minimum Gasteiger partial charge on any atom is -0.494 e. The number of pyridine rings is 1. The number of fused-ring (bicyclic) bond motifs is 1. The lowest BCUT2D eigenvalue weighted by molar-refractivity contribution is -0.137. The van der Waals surface area contributed by atoms with E-state index >= 15 is 0 Å². The summed E-state index contributed by atoms with van der Waals surface area (Å²) in [5.41, 5.74) is 3.58. The summed E-state index contributed by atoms with van der Waals surface area (Å²) < 4.78 is 19.2. The summed E-state index contributed by atoms with van der Waals surface area (Å²) in [5.74, 6) is -0.830. The summed E-state index contributed by atoms with van der Waals surface area (Å²) in [6, 6.07) is 8.81. The number of anilines is 1. The van der Waals surface area contributed by atoms with Gasteiger partial charge in [-0.2, -0.15) is 0 Å². The second kappa shape index (κ2) is 10.1. The average Bonchev–Trinajstić information content (AvgIpc) is 3.26. The number of thiazole rings is 1. The van der Waals surface area contributed by atoms with E-state index in [4.69, 9.17) is 9.72 Å². The zero-order valence-corrected chi connectivity index (χ0v) is 18.8. The van der Waals surface area contributed by atoms with Gasteiger partial charge in [0.1, 0.15) is 5.82 Å². The van der Waals surface area contributed by atoms with Gasteiger partial charge in [-0.05, 0) is 61.4 Å². The number of carboxylic acids is 1. The highest BCUT2D eigenvalue weighted by Gasteiger charge is 2.22. The van der Waals surface area contributed by atoms with Crippen LogP contribution in [0.3, 0.4) is 0 Å². The van der Waals surface area contributed by atoms with Crippen molar-refractivity contribution < 1.29 is 19.0 Å². The van der Waals surface area contributed by atoms with Crippen LogP contribution in [0.25, 0.3) is 0 Å². The number of aliphatic carboxylic acids is 1. The highest BCUT2D eigenvalue weighted by atomic mass is 32.1. The highest BCUT2D eigenvalue weighted by Crippen LogP contribution is 2.32. The predicted octanol–water partition coefficient (Wildman–Crippen LogP) is 4.83. The maximum Gasteiger partial charge on any atom is 0.304 e. The van der Waals surface area contributed by atoms with E-state index in [1.165, 1.54) is 36.1 Å². The third kappa shape index (κ3) is 5.24. The Kier molecular flexibility index (Phi) is 6.99. The van der Waals surface area contributed by atoms with Crippen molar-refractivity contribution in [3.63, 3.8) is 0 Å². The molecule has 0 unspecified atom stereocenters. The number of aromatic nitrogens is 2. The fourth-order valence-corrected chi connectivity index (χ4v) is 4.89. The molecule has 6 nitrogen and oxygen atoms in total. The van der Waals surface area contributed by atoms with Crippen LogP contribution in [0.1, 0.15) is 52.7 Å². The number of carboxylic acid groups (broad SMARTS) is 1. The molecule has 0 fully saturated rings. The van der Waals surface area contributed by atoms with E-state index in [9.17, 15) is 14.3 Å². The van der Waals surface area contributed by atoms with Crippen molar-refractivity contribution in [3.05, 3.63) is 69.1 Å². The molecule has 0 amide bonds. The molecule has 0 saturated carbocycles.